The van der Waals surface area contributed by atoms with Crippen molar-refractivity contribution in [1.29, 1.82) is 0 Å². The van der Waals surface area contributed by atoms with Gasteiger partial charge < -0.3 is 5.32 Å². The molecule has 138 valence electrons. The number of hydrogen-bond acceptors (Lipinski definition) is 6. The largest absolute Gasteiger partial charge is 0.453 e. The van der Waals surface area contributed by atoms with E-state index in [0.717, 1.165) is 10.8 Å². The first-order chi connectivity index (χ1) is 11.5. The van der Waals surface area contributed by atoms with Gasteiger partial charge >= 0.3 is 6.18 Å². The zero-order chi connectivity index (χ0) is 18.4. The molecule has 0 saturated carbocycles. The predicted octanol–water partition coefficient (Wildman–Crippen LogP) is 1.29. The summed E-state index contributed by atoms with van der Waals surface area (Å²) in [6, 6.07) is 1.51. The van der Waals surface area contributed by atoms with Crippen molar-refractivity contribution in [3.05, 3.63) is 17.6 Å². The number of rotatable bonds is 3. The van der Waals surface area contributed by atoms with Crippen molar-refractivity contribution in [2.24, 2.45) is 0 Å². The minimum atomic E-state index is -4.65. The third kappa shape index (κ3) is 3.84. The van der Waals surface area contributed by atoms with Gasteiger partial charge in [-0.1, -0.05) is 0 Å². The second-order valence-electron chi connectivity index (χ2n) is 6.01. The number of alkyl halides is 3. The van der Waals surface area contributed by atoms with Crippen LogP contribution in [0.5, 0.6) is 0 Å². The number of anilines is 1. The molecule has 1 fully saturated rings. The predicted molar refractivity (Wildman–Crippen MR) is 83.6 cm³/mol. The number of nitrogens with zero attached hydrogens (tertiary/aromatic N) is 5. The van der Waals surface area contributed by atoms with Crippen LogP contribution in [-0.2, 0) is 16.2 Å². The van der Waals surface area contributed by atoms with E-state index in [0.29, 0.717) is 37.4 Å². The van der Waals surface area contributed by atoms with Gasteiger partial charge in [-0.25, -0.2) is 17.7 Å². The topological polar surface area (TPSA) is 92.5 Å². The molecule has 0 radical (unpaired) electrons. The summed E-state index contributed by atoms with van der Waals surface area (Å²) in [5.74, 6) is -1.03. The van der Waals surface area contributed by atoms with E-state index in [1.54, 1.807) is 13.0 Å². The number of aromatic nitrogens is 4. The molecule has 1 saturated heterocycles. The molecule has 2 aromatic rings. The number of nitrogens with one attached hydrogen (secondary N) is 1. The van der Waals surface area contributed by atoms with Crippen molar-refractivity contribution in [3.63, 3.8) is 0 Å². The molecular weight excluding hydrogens is 361 g/mol. The Labute approximate surface area is 142 Å². The number of aryl methyl sites for hydroxylation is 1. The Hall–Kier alpha value is -1.95. The minimum Gasteiger partial charge on any atom is -0.367 e. The van der Waals surface area contributed by atoms with Gasteiger partial charge in [0.05, 0.1) is 6.26 Å². The Morgan fingerprint density at radius 3 is 2.44 bits per heavy atom. The first-order valence-corrected chi connectivity index (χ1v) is 9.42. The maximum Gasteiger partial charge on any atom is 0.453 e. The zero-order valence-electron chi connectivity index (χ0n) is 13.6. The van der Waals surface area contributed by atoms with E-state index < -0.39 is 22.0 Å². The van der Waals surface area contributed by atoms with Crippen LogP contribution >= 0.6 is 0 Å². The van der Waals surface area contributed by atoms with Gasteiger partial charge in [-0.2, -0.15) is 22.7 Å². The molecule has 25 heavy (non-hydrogen) atoms. The van der Waals surface area contributed by atoms with Crippen LogP contribution in [0.2, 0.25) is 0 Å². The SMILES string of the molecule is Cc1cc(NC2CCN(S(C)(=O)=O)CC2)n2nc(C(F)(F)F)nc2n1. The summed E-state index contributed by atoms with van der Waals surface area (Å²) in [5.41, 5.74) is 0.504. The lowest BCUT2D eigenvalue weighted by molar-refractivity contribution is -0.144. The Balaban J connectivity index is 1.83. The molecule has 0 aromatic carbocycles. The molecule has 1 aliphatic rings. The van der Waals surface area contributed by atoms with Crippen molar-refractivity contribution >= 4 is 21.6 Å². The summed E-state index contributed by atoms with van der Waals surface area (Å²) >= 11 is 0. The first kappa shape index (κ1) is 17.9. The summed E-state index contributed by atoms with van der Waals surface area (Å²) < 4.78 is 64.0. The summed E-state index contributed by atoms with van der Waals surface area (Å²) in [6.07, 6.45) is -2.42. The van der Waals surface area contributed by atoms with Gasteiger partial charge in [-0.15, -0.1) is 5.10 Å². The van der Waals surface area contributed by atoms with Gasteiger partial charge in [0.1, 0.15) is 5.82 Å². The van der Waals surface area contributed by atoms with Crippen LogP contribution in [-0.4, -0.2) is 57.7 Å². The monoisotopic (exact) mass is 378 g/mol. The van der Waals surface area contributed by atoms with Crippen LogP contribution in [0.3, 0.4) is 0 Å². The molecule has 1 N–H and O–H groups in total. The molecule has 0 aliphatic carbocycles. The van der Waals surface area contributed by atoms with Crippen molar-refractivity contribution in [1.82, 2.24) is 23.9 Å². The normalized spacial score (nSPS) is 18.0. The third-order valence-corrected chi connectivity index (χ3v) is 5.27. The minimum absolute atomic E-state index is 0.0819. The smallest absolute Gasteiger partial charge is 0.367 e. The van der Waals surface area contributed by atoms with Gasteiger partial charge in [-0.3, -0.25) is 0 Å². The highest BCUT2D eigenvalue weighted by atomic mass is 32.2. The quantitative estimate of drug-likeness (QED) is 0.865. The van der Waals surface area contributed by atoms with E-state index in [4.69, 9.17) is 0 Å². The van der Waals surface area contributed by atoms with Gasteiger partial charge in [-0.05, 0) is 19.8 Å². The van der Waals surface area contributed by atoms with E-state index in [1.807, 2.05) is 0 Å². The van der Waals surface area contributed by atoms with Crippen LogP contribution in [0.25, 0.3) is 5.78 Å². The Bertz CT molecular complexity index is 887. The summed E-state index contributed by atoms with van der Waals surface area (Å²) in [4.78, 5) is 7.40. The van der Waals surface area contributed by atoms with Crippen LogP contribution in [0.1, 0.15) is 24.4 Å². The molecule has 0 unspecified atom stereocenters. The molecule has 3 heterocycles. The molecule has 0 spiro atoms. The number of sulfonamides is 1. The molecule has 3 rings (SSSR count). The highest BCUT2D eigenvalue weighted by Crippen LogP contribution is 2.27. The Morgan fingerprint density at radius 2 is 1.88 bits per heavy atom. The van der Waals surface area contributed by atoms with Gasteiger partial charge in [0.2, 0.25) is 10.0 Å². The summed E-state index contributed by atoms with van der Waals surface area (Å²) in [6.45, 7) is 2.36. The maximum absolute atomic E-state index is 12.8. The number of hydrogen-bond donors (Lipinski definition) is 1. The molecule has 1 aliphatic heterocycles. The second-order valence-corrected chi connectivity index (χ2v) is 7.99. The van der Waals surface area contributed by atoms with Gasteiger partial charge in [0.15, 0.2) is 0 Å². The van der Waals surface area contributed by atoms with Crippen molar-refractivity contribution in [2.75, 3.05) is 24.7 Å². The van der Waals surface area contributed by atoms with Crippen LogP contribution in [0.4, 0.5) is 19.0 Å². The first-order valence-electron chi connectivity index (χ1n) is 7.57. The molecule has 0 amide bonds. The van der Waals surface area contributed by atoms with E-state index in [9.17, 15) is 21.6 Å². The average Bonchev–Trinajstić information content (AvgIpc) is 2.91. The summed E-state index contributed by atoms with van der Waals surface area (Å²) in [5, 5.41) is 6.63. The van der Waals surface area contributed by atoms with Crippen molar-refractivity contribution < 1.29 is 21.6 Å². The van der Waals surface area contributed by atoms with Crippen LogP contribution in [0, 0.1) is 6.92 Å². The van der Waals surface area contributed by atoms with E-state index in [2.05, 4.69) is 20.4 Å². The average molecular weight is 378 g/mol. The van der Waals surface area contributed by atoms with E-state index >= 15 is 0 Å². The van der Waals surface area contributed by atoms with E-state index in [-0.39, 0.29) is 11.8 Å². The highest BCUT2D eigenvalue weighted by molar-refractivity contribution is 7.88. The fourth-order valence-electron chi connectivity index (χ4n) is 2.75. The lowest BCUT2D eigenvalue weighted by Gasteiger charge is -2.31. The lowest BCUT2D eigenvalue weighted by atomic mass is 10.1. The zero-order valence-corrected chi connectivity index (χ0v) is 14.4. The number of piperidine rings is 1. The second kappa shape index (κ2) is 6.09. The summed E-state index contributed by atoms with van der Waals surface area (Å²) in [7, 11) is -3.23. The third-order valence-electron chi connectivity index (χ3n) is 3.97. The Kier molecular flexibility index (Phi) is 4.35. The molecule has 8 nitrogen and oxygen atoms in total. The van der Waals surface area contributed by atoms with Crippen molar-refractivity contribution in [3.8, 4) is 0 Å². The fraction of sp³-hybridized carbons (Fsp3) is 0.615. The van der Waals surface area contributed by atoms with Crippen molar-refractivity contribution in [2.45, 2.75) is 32.0 Å². The molecule has 12 heteroatoms. The molecule has 2 aromatic heterocycles. The molecule has 0 atom stereocenters. The van der Waals surface area contributed by atoms with Gasteiger partial charge in [0, 0.05) is 30.9 Å². The standard InChI is InChI=1S/C13H17F3N6O2S/c1-8-7-10(18-9-3-5-21(6-4-9)25(2,23)24)22-12(17-8)19-11(20-22)13(14,15)16/h7,9,18H,3-6H2,1-2H3. The lowest BCUT2D eigenvalue weighted by Crippen LogP contribution is -2.42. The fourth-order valence-corrected chi connectivity index (χ4v) is 3.62. The molecular formula is C13H17F3N6O2S. The Morgan fingerprint density at radius 1 is 1.24 bits per heavy atom. The highest BCUT2D eigenvalue weighted by Gasteiger charge is 2.37. The number of halogens is 3. The maximum atomic E-state index is 12.8. The number of fused-ring (bicyclic) bond motifs is 1. The molecule has 0 bridgehead atoms. The van der Waals surface area contributed by atoms with Crippen LogP contribution in [0.15, 0.2) is 6.07 Å². The van der Waals surface area contributed by atoms with E-state index in [1.165, 1.54) is 4.31 Å². The van der Waals surface area contributed by atoms with Gasteiger partial charge in [0.25, 0.3) is 11.6 Å². The van der Waals surface area contributed by atoms with Crippen LogP contribution < -0.4 is 5.32 Å².